The molecule has 1 heterocycles. The van der Waals surface area contributed by atoms with E-state index in [1.54, 1.807) is 18.2 Å². The summed E-state index contributed by atoms with van der Waals surface area (Å²) in [6, 6.07) is 5.92. The van der Waals surface area contributed by atoms with E-state index in [0.29, 0.717) is 6.54 Å². The van der Waals surface area contributed by atoms with Crippen LogP contribution in [0, 0.1) is 27.7 Å². The molecule has 0 saturated carbocycles. The molecule has 146 valence electrons. The highest BCUT2D eigenvalue weighted by molar-refractivity contribution is 5.89. The Balaban J connectivity index is 2.51. The second-order valence-electron chi connectivity index (χ2n) is 7.83. The van der Waals surface area contributed by atoms with Crippen molar-refractivity contribution in [3.63, 3.8) is 0 Å². The van der Waals surface area contributed by atoms with E-state index in [2.05, 4.69) is 4.98 Å². The molecule has 5 nitrogen and oxygen atoms in total. The highest BCUT2D eigenvalue weighted by atomic mass is 16.6. The minimum absolute atomic E-state index is 0.307. The molecule has 1 aromatic heterocycles. The van der Waals surface area contributed by atoms with E-state index in [0.717, 1.165) is 39.4 Å². The zero-order chi connectivity index (χ0) is 20.4. The first kappa shape index (κ1) is 20.7. The zero-order valence-corrected chi connectivity index (χ0v) is 17.6. The SMILES string of the molecule is COc1c(C)cnc(CN(C(=O)OC(C)(C)C)c2cccc(C)c2C)c1C. The number of hydrogen-bond acceptors (Lipinski definition) is 4. The molecule has 27 heavy (non-hydrogen) atoms. The van der Waals surface area contributed by atoms with Crippen molar-refractivity contribution in [1.29, 1.82) is 0 Å². The average Bonchev–Trinajstić information content (AvgIpc) is 2.56. The fourth-order valence-electron chi connectivity index (χ4n) is 2.97. The first-order valence-corrected chi connectivity index (χ1v) is 9.11. The molecule has 2 aromatic rings. The third-order valence-electron chi connectivity index (χ3n) is 4.54. The maximum atomic E-state index is 13.0. The summed E-state index contributed by atoms with van der Waals surface area (Å²) in [7, 11) is 1.65. The molecule has 0 bridgehead atoms. The highest BCUT2D eigenvalue weighted by Gasteiger charge is 2.26. The van der Waals surface area contributed by atoms with Gasteiger partial charge in [0, 0.05) is 17.3 Å². The van der Waals surface area contributed by atoms with Crippen molar-refractivity contribution in [2.75, 3.05) is 12.0 Å². The van der Waals surface area contributed by atoms with Gasteiger partial charge in [-0.1, -0.05) is 12.1 Å². The standard InChI is InChI=1S/C22H30N2O3/c1-14-10-9-11-19(16(14)3)24(21(25)27-22(5,6)7)13-18-17(4)20(26-8)15(2)12-23-18/h9-12H,13H2,1-8H3. The smallest absolute Gasteiger partial charge is 0.415 e. The summed E-state index contributed by atoms with van der Waals surface area (Å²) in [4.78, 5) is 19.2. The van der Waals surface area contributed by atoms with Crippen LogP contribution in [-0.4, -0.2) is 23.8 Å². The Morgan fingerprint density at radius 1 is 1.07 bits per heavy atom. The molecule has 0 aliphatic carbocycles. The van der Waals surface area contributed by atoms with Gasteiger partial charge in [0.15, 0.2) is 0 Å². The first-order valence-electron chi connectivity index (χ1n) is 9.11. The van der Waals surface area contributed by atoms with E-state index in [1.165, 1.54) is 0 Å². The number of carbonyl (C=O) groups is 1. The van der Waals surface area contributed by atoms with Gasteiger partial charge in [0.25, 0.3) is 0 Å². The maximum absolute atomic E-state index is 13.0. The Bertz CT molecular complexity index is 838. The van der Waals surface area contributed by atoms with Crippen molar-refractivity contribution in [1.82, 2.24) is 4.98 Å². The first-order chi connectivity index (χ1) is 12.5. The molecule has 5 heteroatoms. The average molecular weight is 370 g/mol. The summed E-state index contributed by atoms with van der Waals surface area (Å²) in [6.07, 6.45) is 1.38. The summed E-state index contributed by atoms with van der Waals surface area (Å²) >= 11 is 0. The summed E-state index contributed by atoms with van der Waals surface area (Å²) in [5.74, 6) is 0.796. The third kappa shape index (κ3) is 4.79. The lowest BCUT2D eigenvalue weighted by atomic mass is 10.1. The number of pyridine rings is 1. The molecule has 0 fully saturated rings. The van der Waals surface area contributed by atoms with E-state index in [9.17, 15) is 4.79 Å². The van der Waals surface area contributed by atoms with Gasteiger partial charge in [-0.05, 0) is 65.7 Å². The lowest BCUT2D eigenvalue weighted by Gasteiger charge is -2.29. The summed E-state index contributed by atoms with van der Waals surface area (Å²) < 4.78 is 11.2. The van der Waals surface area contributed by atoms with Crippen LogP contribution in [-0.2, 0) is 11.3 Å². The second kappa shape index (κ2) is 7.99. The van der Waals surface area contributed by atoms with Crippen molar-refractivity contribution < 1.29 is 14.3 Å². The Kier molecular flexibility index (Phi) is 6.14. The number of aryl methyl sites for hydroxylation is 2. The molecule has 0 radical (unpaired) electrons. The number of aromatic nitrogens is 1. The number of amides is 1. The van der Waals surface area contributed by atoms with E-state index >= 15 is 0 Å². The largest absolute Gasteiger partial charge is 0.496 e. The van der Waals surface area contributed by atoms with Gasteiger partial charge >= 0.3 is 6.09 Å². The molecule has 0 aliphatic rings. The number of methoxy groups -OCH3 is 1. The summed E-state index contributed by atoms with van der Waals surface area (Å²) in [5, 5.41) is 0. The summed E-state index contributed by atoms with van der Waals surface area (Å²) in [5.41, 5.74) is 5.08. The number of carbonyl (C=O) groups excluding carboxylic acids is 1. The molecular weight excluding hydrogens is 340 g/mol. The predicted molar refractivity (Wildman–Crippen MR) is 109 cm³/mol. The van der Waals surface area contributed by atoms with Gasteiger partial charge in [0.1, 0.15) is 11.4 Å². The van der Waals surface area contributed by atoms with Crippen LogP contribution in [0.3, 0.4) is 0 Å². The van der Waals surface area contributed by atoms with Gasteiger partial charge in [0.2, 0.25) is 0 Å². The fourth-order valence-corrected chi connectivity index (χ4v) is 2.97. The molecule has 1 amide bonds. The molecule has 0 saturated heterocycles. The third-order valence-corrected chi connectivity index (χ3v) is 4.54. The van der Waals surface area contributed by atoms with Crippen LogP contribution in [0.25, 0.3) is 0 Å². The van der Waals surface area contributed by atoms with E-state index in [4.69, 9.17) is 9.47 Å². The van der Waals surface area contributed by atoms with Gasteiger partial charge in [-0.3, -0.25) is 9.88 Å². The molecule has 2 rings (SSSR count). The van der Waals surface area contributed by atoms with Crippen molar-refractivity contribution in [3.8, 4) is 5.75 Å². The van der Waals surface area contributed by atoms with Crippen LogP contribution in [0.2, 0.25) is 0 Å². The number of nitrogens with zero attached hydrogens (tertiary/aromatic N) is 2. The van der Waals surface area contributed by atoms with Crippen molar-refractivity contribution in [3.05, 3.63) is 52.3 Å². The lowest BCUT2D eigenvalue weighted by molar-refractivity contribution is 0.0576. The fraction of sp³-hybridized carbons (Fsp3) is 0.455. The Morgan fingerprint density at radius 3 is 2.33 bits per heavy atom. The van der Waals surface area contributed by atoms with Gasteiger partial charge in [-0.15, -0.1) is 0 Å². The van der Waals surface area contributed by atoms with Crippen molar-refractivity contribution in [2.45, 2.75) is 60.6 Å². The zero-order valence-electron chi connectivity index (χ0n) is 17.6. The van der Waals surface area contributed by atoms with E-state index in [1.807, 2.05) is 66.7 Å². The maximum Gasteiger partial charge on any atom is 0.415 e. The predicted octanol–water partition coefficient (Wildman–Crippen LogP) is 5.27. The number of ether oxygens (including phenoxy) is 2. The number of benzene rings is 1. The Morgan fingerprint density at radius 2 is 1.74 bits per heavy atom. The minimum atomic E-state index is -0.583. The van der Waals surface area contributed by atoms with Gasteiger partial charge < -0.3 is 9.47 Å². The van der Waals surface area contributed by atoms with E-state index < -0.39 is 11.7 Å². The molecule has 0 aliphatic heterocycles. The number of rotatable bonds is 4. The number of hydrogen-bond donors (Lipinski definition) is 0. The van der Waals surface area contributed by atoms with Gasteiger partial charge in [-0.2, -0.15) is 0 Å². The number of anilines is 1. The van der Waals surface area contributed by atoms with Crippen LogP contribution in [0.15, 0.2) is 24.4 Å². The monoisotopic (exact) mass is 370 g/mol. The molecule has 0 unspecified atom stereocenters. The summed E-state index contributed by atoms with van der Waals surface area (Å²) in [6.45, 7) is 13.9. The van der Waals surface area contributed by atoms with E-state index in [-0.39, 0.29) is 0 Å². The Labute approximate surface area is 162 Å². The van der Waals surface area contributed by atoms with Crippen molar-refractivity contribution >= 4 is 11.8 Å². The van der Waals surface area contributed by atoms with Crippen LogP contribution < -0.4 is 9.64 Å². The van der Waals surface area contributed by atoms with Crippen molar-refractivity contribution in [2.24, 2.45) is 0 Å². The van der Waals surface area contributed by atoms with Crippen LogP contribution in [0.4, 0.5) is 10.5 Å². The lowest BCUT2D eigenvalue weighted by Crippen LogP contribution is -2.37. The molecular formula is C22H30N2O3. The molecule has 0 atom stereocenters. The van der Waals surface area contributed by atoms with Crippen LogP contribution in [0.1, 0.15) is 48.7 Å². The molecule has 0 spiro atoms. The minimum Gasteiger partial charge on any atom is -0.496 e. The second-order valence-corrected chi connectivity index (χ2v) is 7.83. The quantitative estimate of drug-likeness (QED) is 0.736. The van der Waals surface area contributed by atoms with Gasteiger partial charge in [-0.25, -0.2) is 4.79 Å². The molecule has 0 N–H and O–H groups in total. The Hall–Kier alpha value is -2.56. The topological polar surface area (TPSA) is 51.7 Å². The van der Waals surface area contributed by atoms with Crippen LogP contribution >= 0.6 is 0 Å². The normalized spacial score (nSPS) is 11.3. The van der Waals surface area contributed by atoms with Crippen LogP contribution in [0.5, 0.6) is 5.75 Å². The highest BCUT2D eigenvalue weighted by Crippen LogP contribution is 2.29. The molecule has 1 aromatic carbocycles. The van der Waals surface area contributed by atoms with Gasteiger partial charge in [0.05, 0.1) is 25.0 Å².